The van der Waals surface area contributed by atoms with Gasteiger partial charge in [-0.3, -0.25) is 4.79 Å². The van der Waals surface area contributed by atoms with Gasteiger partial charge >= 0.3 is 0 Å². The van der Waals surface area contributed by atoms with Gasteiger partial charge in [-0.2, -0.15) is 0 Å². The van der Waals surface area contributed by atoms with E-state index in [4.69, 9.17) is 0 Å². The number of hydrogen-bond donors (Lipinski definition) is 2. The van der Waals surface area contributed by atoms with Gasteiger partial charge < -0.3 is 20.4 Å². The van der Waals surface area contributed by atoms with Gasteiger partial charge in [0.25, 0.3) is 5.91 Å². The molecule has 158 valence electrons. The maximum absolute atomic E-state index is 12.8. The smallest absolute Gasteiger partial charge is 0.274 e. The predicted molar refractivity (Wildman–Crippen MR) is 121 cm³/mol. The minimum atomic E-state index is -0.231. The van der Waals surface area contributed by atoms with E-state index in [2.05, 4.69) is 50.3 Å². The zero-order valence-electron chi connectivity index (χ0n) is 18.5. The fraction of sp³-hybridized carbons (Fsp3) is 0.500. The van der Waals surface area contributed by atoms with E-state index in [0.29, 0.717) is 17.3 Å². The molecule has 0 aliphatic rings. The van der Waals surface area contributed by atoms with Crippen molar-refractivity contribution in [1.29, 1.82) is 0 Å². The van der Waals surface area contributed by atoms with Crippen LogP contribution in [0.5, 0.6) is 0 Å². The molecule has 2 rings (SSSR count). The summed E-state index contributed by atoms with van der Waals surface area (Å²) in [6.07, 6.45) is 0.996. The lowest BCUT2D eigenvalue weighted by molar-refractivity contribution is 0.102. The highest BCUT2D eigenvalue weighted by atomic mass is 16.1. The molecule has 0 saturated carbocycles. The van der Waals surface area contributed by atoms with Crippen LogP contribution < -0.4 is 15.5 Å². The van der Waals surface area contributed by atoms with E-state index in [1.165, 1.54) is 0 Å². The summed E-state index contributed by atoms with van der Waals surface area (Å²) in [6.45, 7) is 11.8. The Bertz CT molecular complexity index is 817. The molecule has 1 aromatic carbocycles. The molecule has 1 heterocycles. The Morgan fingerprint density at radius 2 is 1.79 bits per heavy atom. The normalized spacial score (nSPS) is 10.9. The number of benzene rings is 1. The lowest BCUT2D eigenvalue weighted by atomic mass is 10.1. The second kappa shape index (κ2) is 10.8. The van der Waals surface area contributed by atoms with Crippen molar-refractivity contribution in [2.24, 2.45) is 0 Å². The van der Waals surface area contributed by atoms with Gasteiger partial charge in [0.15, 0.2) is 0 Å². The zero-order chi connectivity index (χ0) is 21.4. The molecule has 7 nitrogen and oxygen atoms in total. The summed E-state index contributed by atoms with van der Waals surface area (Å²) in [7, 11) is 4.10. The van der Waals surface area contributed by atoms with Gasteiger partial charge in [0, 0.05) is 37.1 Å². The van der Waals surface area contributed by atoms with Gasteiger partial charge in [-0.15, -0.1) is 0 Å². The number of anilines is 3. The van der Waals surface area contributed by atoms with E-state index in [9.17, 15) is 4.79 Å². The SMILES string of the molecule is CCN(CC)c1ccc(NC(=O)c2cc(NCCCN(C)C)nc(C)n2)c(C)c1. The number of carbonyl (C=O) groups excluding carboxylic acids is 1. The third-order valence-electron chi connectivity index (χ3n) is 4.75. The molecule has 0 aliphatic heterocycles. The summed E-state index contributed by atoms with van der Waals surface area (Å²) >= 11 is 0. The molecule has 7 heteroatoms. The van der Waals surface area contributed by atoms with Gasteiger partial charge in [0.1, 0.15) is 17.3 Å². The molecule has 1 aromatic heterocycles. The van der Waals surface area contributed by atoms with E-state index < -0.39 is 0 Å². The van der Waals surface area contributed by atoms with Crippen LogP contribution in [0.1, 0.15) is 42.1 Å². The van der Waals surface area contributed by atoms with E-state index in [1.54, 1.807) is 13.0 Å². The number of hydrogen-bond acceptors (Lipinski definition) is 6. The van der Waals surface area contributed by atoms with Gasteiger partial charge in [-0.05, 0) is 78.5 Å². The summed E-state index contributed by atoms with van der Waals surface area (Å²) in [4.78, 5) is 25.9. The highest BCUT2D eigenvalue weighted by Crippen LogP contribution is 2.23. The molecule has 0 aliphatic carbocycles. The van der Waals surface area contributed by atoms with Gasteiger partial charge in [0.05, 0.1) is 0 Å². The number of aryl methyl sites for hydroxylation is 2. The van der Waals surface area contributed by atoms with E-state index in [0.717, 1.165) is 49.5 Å². The van der Waals surface area contributed by atoms with E-state index in [-0.39, 0.29) is 5.91 Å². The lowest BCUT2D eigenvalue weighted by Gasteiger charge is -2.22. The summed E-state index contributed by atoms with van der Waals surface area (Å²) < 4.78 is 0. The second-order valence-electron chi connectivity index (χ2n) is 7.39. The first-order valence-corrected chi connectivity index (χ1v) is 10.2. The van der Waals surface area contributed by atoms with Crippen molar-refractivity contribution in [2.75, 3.05) is 55.8 Å². The highest BCUT2D eigenvalue weighted by molar-refractivity contribution is 6.03. The number of nitrogens with zero attached hydrogens (tertiary/aromatic N) is 4. The van der Waals surface area contributed by atoms with Crippen LogP contribution in [0.25, 0.3) is 0 Å². The lowest BCUT2D eigenvalue weighted by Crippen LogP contribution is -2.22. The summed E-state index contributed by atoms with van der Waals surface area (Å²) in [5.41, 5.74) is 3.34. The van der Waals surface area contributed by atoms with Crippen LogP contribution in [0.2, 0.25) is 0 Å². The fourth-order valence-electron chi connectivity index (χ4n) is 3.15. The van der Waals surface area contributed by atoms with Crippen LogP contribution in [0.3, 0.4) is 0 Å². The Morgan fingerprint density at radius 1 is 1.07 bits per heavy atom. The summed E-state index contributed by atoms with van der Waals surface area (Å²) in [5, 5.41) is 6.26. The van der Waals surface area contributed by atoms with Crippen LogP contribution in [-0.2, 0) is 0 Å². The average Bonchev–Trinajstić information content (AvgIpc) is 2.67. The fourth-order valence-corrected chi connectivity index (χ4v) is 3.15. The van der Waals surface area contributed by atoms with E-state index in [1.807, 2.05) is 33.2 Å². The number of aromatic nitrogens is 2. The zero-order valence-corrected chi connectivity index (χ0v) is 18.5. The predicted octanol–water partition coefficient (Wildman–Crippen LogP) is 3.56. The van der Waals surface area contributed by atoms with Crippen molar-refractivity contribution in [3.63, 3.8) is 0 Å². The molecule has 0 unspecified atom stereocenters. The standard InChI is InChI=1S/C22H34N6O/c1-7-28(8-2)18-10-11-19(16(3)14-18)26-22(29)20-15-21(25-17(4)24-20)23-12-9-13-27(5)6/h10-11,14-15H,7-9,12-13H2,1-6H3,(H,26,29)(H,23,24,25). The molecule has 0 spiro atoms. The molecule has 2 aromatic rings. The van der Waals surface area contributed by atoms with Crippen molar-refractivity contribution < 1.29 is 4.79 Å². The minimum Gasteiger partial charge on any atom is -0.372 e. The van der Waals surface area contributed by atoms with Crippen LogP contribution in [-0.4, -0.2) is 61.0 Å². The second-order valence-corrected chi connectivity index (χ2v) is 7.39. The summed E-state index contributed by atoms with van der Waals surface area (Å²) in [5.74, 6) is 1.02. The number of amides is 1. The third-order valence-corrected chi connectivity index (χ3v) is 4.75. The molecule has 29 heavy (non-hydrogen) atoms. The number of nitrogens with one attached hydrogen (secondary N) is 2. The topological polar surface area (TPSA) is 73.4 Å². The Kier molecular flexibility index (Phi) is 8.39. The van der Waals surface area contributed by atoms with Gasteiger partial charge in [-0.25, -0.2) is 9.97 Å². The maximum atomic E-state index is 12.8. The largest absolute Gasteiger partial charge is 0.372 e. The van der Waals surface area contributed by atoms with Crippen LogP contribution in [0.15, 0.2) is 24.3 Å². The monoisotopic (exact) mass is 398 g/mol. The number of carbonyl (C=O) groups is 1. The molecular formula is C22H34N6O. The van der Waals surface area contributed by atoms with E-state index >= 15 is 0 Å². The maximum Gasteiger partial charge on any atom is 0.274 e. The quantitative estimate of drug-likeness (QED) is 0.596. The first kappa shape index (κ1) is 22.6. The van der Waals surface area contributed by atoms with Crippen molar-refractivity contribution in [1.82, 2.24) is 14.9 Å². The van der Waals surface area contributed by atoms with Crippen LogP contribution in [0, 0.1) is 13.8 Å². The molecular weight excluding hydrogens is 364 g/mol. The summed E-state index contributed by atoms with van der Waals surface area (Å²) in [6, 6.07) is 7.80. The first-order chi connectivity index (χ1) is 13.8. The Hall–Kier alpha value is -2.67. The minimum absolute atomic E-state index is 0.231. The molecule has 0 bridgehead atoms. The first-order valence-electron chi connectivity index (χ1n) is 10.2. The third kappa shape index (κ3) is 6.71. The van der Waals surface area contributed by atoms with Crippen LogP contribution in [0.4, 0.5) is 17.2 Å². The molecule has 2 N–H and O–H groups in total. The number of rotatable bonds is 10. The Balaban J connectivity index is 2.08. The van der Waals surface area contributed by atoms with Crippen molar-refractivity contribution >= 4 is 23.1 Å². The molecule has 0 fully saturated rings. The van der Waals surface area contributed by atoms with Crippen molar-refractivity contribution in [3.8, 4) is 0 Å². The average molecular weight is 399 g/mol. The van der Waals surface area contributed by atoms with Gasteiger partial charge in [0.2, 0.25) is 0 Å². The molecule has 0 radical (unpaired) electrons. The van der Waals surface area contributed by atoms with Gasteiger partial charge in [-0.1, -0.05) is 0 Å². The Labute approximate surface area is 174 Å². The molecule has 0 saturated heterocycles. The van der Waals surface area contributed by atoms with Crippen molar-refractivity contribution in [2.45, 2.75) is 34.1 Å². The molecule has 1 amide bonds. The van der Waals surface area contributed by atoms with Crippen LogP contribution >= 0.6 is 0 Å². The molecule has 0 atom stereocenters. The highest BCUT2D eigenvalue weighted by Gasteiger charge is 2.13. The van der Waals surface area contributed by atoms with Crippen molar-refractivity contribution in [3.05, 3.63) is 41.3 Å². The Morgan fingerprint density at radius 3 is 2.41 bits per heavy atom.